The summed E-state index contributed by atoms with van der Waals surface area (Å²) in [6.45, 7) is 4.50. The number of alkyl halides is 3. The quantitative estimate of drug-likeness (QED) is 0.314. The molecular weight excluding hydrogens is 451 g/mol. The van der Waals surface area contributed by atoms with E-state index < -0.39 is 6.36 Å². The second-order valence-corrected chi connectivity index (χ2v) is 7.45. The molecule has 0 radical (unpaired) electrons. The molecule has 0 spiro atoms. The van der Waals surface area contributed by atoms with Gasteiger partial charge in [-0.1, -0.05) is 32.0 Å². The molecule has 172 valence electrons. The molecule has 4 rings (SSSR count). The number of amides is 1. The molecule has 0 bridgehead atoms. The topological polar surface area (TPSA) is 63.2 Å². The smallest absolute Gasteiger partial charge is 0.406 e. The van der Waals surface area contributed by atoms with Gasteiger partial charge < -0.3 is 15.4 Å². The number of ether oxygens (including phenoxy) is 1. The highest BCUT2D eigenvalue weighted by molar-refractivity contribution is 7.12. The molecule has 9 heteroatoms. The molecular formula is C24H22F3N3O2S. The lowest BCUT2D eigenvalue weighted by molar-refractivity contribution is -0.274. The Balaban J connectivity index is 0.00000149. The van der Waals surface area contributed by atoms with Gasteiger partial charge >= 0.3 is 6.36 Å². The summed E-state index contributed by atoms with van der Waals surface area (Å²) in [6.07, 6.45) is -3.02. The van der Waals surface area contributed by atoms with E-state index in [-0.39, 0.29) is 11.7 Å². The van der Waals surface area contributed by atoms with E-state index in [4.69, 9.17) is 0 Å². The van der Waals surface area contributed by atoms with Crippen molar-refractivity contribution in [3.63, 3.8) is 0 Å². The first-order valence-corrected chi connectivity index (χ1v) is 11.1. The van der Waals surface area contributed by atoms with Crippen molar-refractivity contribution in [1.82, 2.24) is 4.98 Å². The molecule has 1 amide bonds. The van der Waals surface area contributed by atoms with Gasteiger partial charge in [0.2, 0.25) is 0 Å². The number of nitrogens with one attached hydrogen (secondary N) is 2. The van der Waals surface area contributed by atoms with Crippen molar-refractivity contribution >= 4 is 39.5 Å². The fourth-order valence-electron chi connectivity index (χ4n) is 3.05. The first kappa shape index (κ1) is 24.1. The summed E-state index contributed by atoms with van der Waals surface area (Å²) in [5.41, 5.74) is 2.96. The van der Waals surface area contributed by atoms with Crippen LogP contribution in [0.4, 0.5) is 24.5 Å². The third-order valence-electron chi connectivity index (χ3n) is 4.43. The maximum atomic E-state index is 12.7. The molecule has 0 atom stereocenters. The second kappa shape index (κ2) is 10.8. The summed E-state index contributed by atoms with van der Waals surface area (Å²) in [7, 11) is 0. The van der Waals surface area contributed by atoms with Crippen LogP contribution in [0.15, 0.2) is 72.2 Å². The average Bonchev–Trinajstić information content (AvgIpc) is 3.28. The fraction of sp³-hybridized carbons (Fsp3) is 0.167. The molecule has 2 aromatic carbocycles. The molecule has 0 aliphatic heterocycles. The average molecular weight is 474 g/mol. The number of carbonyl (C=O) groups is 1. The number of thiophene rings is 1. The van der Waals surface area contributed by atoms with Crippen LogP contribution in [-0.4, -0.2) is 17.3 Å². The van der Waals surface area contributed by atoms with Crippen LogP contribution in [0.1, 0.15) is 29.1 Å². The number of fused-ring (bicyclic) bond motifs is 1. The van der Waals surface area contributed by atoms with Gasteiger partial charge in [0.1, 0.15) is 10.6 Å². The van der Waals surface area contributed by atoms with Crippen molar-refractivity contribution in [3.8, 4) is 5.75 Å². The van der Waals surface area contributed by atoms with E-state index in [0.29, 0.717) is 22.8 Å². The molecule has 0 saturated heterocycles. The zero-order chi connectivity index (χ0) is 23.8. The molecule has 0 aliphatic carbocycles. The number of benzene rings is 2. The summed E-state index contributed by atoms with van der Waals surface area (Å²) in [5.74, 6) is -0.713. The predicted molar refractivity (Wildman–Crippen MR) is 126 cm³/mol. The van der Waals surface area contributed by atoms with E-state index in [0.717, 1.165) is 28.6 Å². The van der Waals surface area contributed by atoms with Crippen LogP contribution in [0.5, 0.6) is 5.75 Å². The van der Waals surface area contributed by atoms with E-state index in [2.05, 4.69) is 20.4 Å². The molecule has 4 aromatic rings. The number of rotatable bonds is 6. The van der Waals surface area contributed by atoms with Crippen LogP contribution in [0.25, 0.3) is 10.9 Å². The van der Waals surface area contributed by atoms with Gasteiger partial charge in [-0.3, -0.25) is 9.78 Å². The third kappa shape index (κ3) is 6.45. The molecule has 0 fully saturated rings. The van der Waals surface area contributed by atoms with Crippen LogP contribution in [0.3, 0.4) is 0 Å². The monoisotopic (exact) mass is 473 g/mol. The Bertz CT molecular complexity index is 1200. The van der Waals surface area contributed by atoms with Crippen LogP contribution >= 0.6 is 11.3 Å². The van der Waals surface area contributed by atoms with Gasteiger partial charge in [-0.15, -0.1) is 24.5 Å². The molecule has 0 unspecified atom stereocenters. The second-order valence-electron chi connectivity index (χ2n) is 6.53. The number of para-hydroxylation sites is 1. The molecule has 5 nitrogen and oxygen atoms in total. The SMILES string of the molecule is CC.O=C(Nc1ccc(OC(F)(F)F)cc1)c1sccc1NCc1ccnc2ccccc12. The van der Waals surface area contributed by atoms with Gasteiger partial charge in [0.25, 0.3) is 5.91 Å². The van der Waals surface area contributed by atoms with Crippen LogP contribution < -0.4 is 15.4 Å². The standard InChI is InChI=1S/C22H16F3N3O2S.C2H6/c23-22(24,25)30-16-7-5-15(6-8-16)28-21(29)20-19(10-12-31-20)27-13-14-9-11-26-18-4-2-1-3-17(14)18;1-2/h1-12,27H,13H2,(H,28,29);1-2H3. The van der Waals surface area contributed by atoms with E-state index in [1.54, 1.807) is 11.6 Å². The summed E-state index contributed by atoms with van der Waals surface area (Å²) in [4.78, 5) is 17.5. The minimum Gasteiger partial charge on any atom is -0.406 e. The lowest BCUT2D eigenvalue weighted by Gasteiger charge is -2.11. The third-order valence-corrected chi connectivity index (χ3v) is 5.34. The summed E-state index contributed by atoms with van der Waals surface area (Å²) in [5, 5.41) is 8.79. The van der Waals surface area contributed by atoms with Crippen molar-refractivity contribution < 1.29 is 22.7 Å². The normalized spacial score (nSPS) is 10.8. The first-order valence-electron chi connectivity index (χ1n) is 10.2. The van der Waals surface area contributed by atoms with E-state index in [1.165, 1.54) is 23.5 Å². The number of hydrogen-bond donors (Lipinski definition) is 2. The van der Waals surface area contributed by atoms with Crippen molar-refractivity contribution in [2.45, 2.75) is 26.8 Å². The highest BCUT2D eigenvalue weighted by atomic mass is 32.1. The van der Waals surface area contributed by atoms with Crippen LogP contribution in [0, 0.1) is 0 Å². The van der Waals surface area contributed by atoms with Crippen molar-refractivity contribution in [2.75, 3.05) is 10.6 Å². The van der Waals surface area contributed by atoms with Crippen molar-refractivity contribution in [1.29, 1.82) is 0 Å². The lowest BCUT2D eigenvalue weighted by Crippen LogP contribution is -2.17. The Kier molecular flexibility index (Phi) is 7.89. The highest BCUT2D eigenvalue weighted by Crippen LogP contribution is 2.27. The Morgan fingerprint density at radius 1 is 1.03 bits per heavy atom. The van der Waals surface area contributed by atoms with Gasteiger partial charge in [-0.05, 0) is 53.4 Å². The molecule has 33 heavy (non-hydrogen) atoms. The molecule has 2 heterocycles. The van der Waals surface area contributed by atoms with Crippen LogP contribution in [-0.2, 0) is 6.54 Å². The number of pyridine rings is 1. The summed E-state index contributed by atoms with van der Waals surface area (Å²) >= 11 is 1.27. The predicted octanol–water partition coefficient (Wildman–Crippen LogP) is 7.09. The molecule has 2 N–H and O–H groups in total. The maximum Gasteiger partial charge on any atom is 0.573 e. The Labute approximate surface area is 193 Å². The number of nitrogens with zero attached hydrogens (tertiary/aromatic N) is 1. The fourth-order valence-corrected chi connectivity index (χ4v) is 3.82. The zero-order valence-electron chi connectivity index (χ0n) is 17.9. The van der Waals surface area contributed by atoms with Crippen molar-refractivity contribution in [2.24, 2.45) is 0 Å². The van der Waals surface area contributed by atoms with Crippen LogP contribution in [0.2, 0.25) is 0 Å². The van der Waals surface area contributed by atoms with E-state index in [1.807, 2.05) is 50.2 Å². The van der Waals surface area contributed by atoms with E-state index >= 15 is 0 Å². The Hall–Kier alpha value is -3.59. The largest absolute Gasteiger partial charge is 0.573 e. The van der Waals surface area contributed by atoms with Crippen molar-refractivity contribution in [3.05, 3.63) is 82.7 Å². The molecule has 2 aromatic heterocycles. The Morgan fingerprint density at radius 2 is 1.76 bits per heavy atom. The van der Waals surface area contributed by atoms with Gasteiger partial charge in [0.15, 0.2) is 0 Å². The Morgan fingerprint density at radius 3 is 2.48 bits per heavy atom. The van der Waals surface area contributed by atoms with Gasteiger partial charge in [-0.2, -0.15) is 0 Å². The van der Waals surface area contributed by atoms with Gasteiger partial charge in [-0.25, -0.2) is 0 Å². The molecule has 0 aliphatic rings. The maximum absolute atomic E-state index is 12.7. The first-order chi connectivity index (χ1) is 15.9. The number of anilines is 2. The van der Waals surface area contributed by atoms with Gasteiger partial charge in [0.05, 0.1) is 11.2 Å². The number of halogens is 3. The zero-order valence-corrected chi connectivity index (χ0v) is 18.8. The minimum atomic E-state index is -4.76. The summed E-state index contributed by atoms with van der Waals surface area (Å²) < 4.78 is 40.6. The van der Waals surface area contributed by atoms with E-state index in [9.17, 15) is 18.0 Å². The number of carbonyl (C=O) groups excluding carboxylic acids is 1. The van der Waals surface area contributed by atoms with Gasteiger partial charge in [0, 0.05) is 23.8 Å². The molecule has 0 saturated carbocycles. The minimum absolute atomic E-state index is 0.353. The summed E-state index contributed by atoms with van der Waals surface area (Å²) in [6, 6.07) is 16.5. The highest BCUT2D eigenvalue weighted by Gasteiger charge is 2.31. The number of aromatic nitrogens is 1. The number of hydrogen-bond acceptors (Lipinski definition) is 5. The lowest BCUT2D eigenvalue weighted by atomic mass is 10.1.